The molecule has 1 aliphatic carbocycles. The average molecular weight is 213 g/mol. The van der Waals surface area contributed by atoms with Gasteiger partial charge >= 0.3 is 0 Å². The Balaban J connectivity index is 2.13. The fourth-order valence-electron chi connectivity index (χ4n) is 2.25. The van der Waals surface area contributed by atoms with Crippen LogP contribution in [0.15, 0.2) is 0 Å². The third kappa shape index (κ3) is 4.98. The molecule has 0 radical (unpaired) electrons. The fourth-order valence-corrected chi connectivity index (χ4v) is 2.25. The molecule has 0 heterocycles. The first-order chi connectivity index (χ1) is 7.03. The summed E-state index contributed by atoms with van der Waals surface area (Å²) in [4.78, 5) is 0. The van der Waals surface area contributed by atoms with Crippen LogP contribution in [0.4, 0.5) is 0 Å². The maximum absolute atomic E-state index is 5.95. The van der Waals surface area contributed by atoms with Crippen molar-refractivity contribution in [2.24, 2.45) is 11.3 Å². The molecule has 0 bridgehead atoms. The van der Waals surface area contributed by atoms with Crippen LogP contribution < -0.4 is 5.32 Å². The molecule has 1 saturated carbocycles. The third-order valence-electron chi connectivity index (χ3n) is 3.46. The highest BCUT2D eigenvalue weighted by Gasteiger charge is 2.27. The van der Waals surface area contributed by atoms with Crippen LogP contribution >= 0.6 is 0 Å². The molecule has 1 fully saturated rings. The van der Waals surface area contributed by atoms with Gasteiger partial charge in [0, 0.05) is 0 Å². The second-order valence-corrected chi connectivity index (χ2v) is 5.86. The first kappa shape index (κ1) is 13.0. The van der Waals surface area contributed by atoms with E-state index in [4.69, 9.17) is 4.74 Å². The zero-order valence-electron chi connectivity index (χ0n) is 10.8. The average Bonchev–Trinajstić information content (AvgIpc) is 2.17. The van der Waals surface area contributed by atoms with Gasteiger partial charge in [0.05, 0.1) is 12.7 Å². The lowest BCUT2D eigenvalue weighted by Crippen LogP contribution is -2.29. The van der Waals surface area contributed by atoms with Gasteiger partial charge in [-0.2, -0.15) is 0 Å². The predicted molar refractivity (Wildman–Crippen MR) is 65.1 cm³/mol. The van der Waals surface area contributed by atoms with Gasteiger partial charge in [-0.1, -0.05) is 20.8 Å². The van der Waals surface area contributed by atoms with Gasteiger partial charge in [0.2, 0.25) is 0 Å². The molecule has 0 saturated heterocycles. The van der Waals surface area contributed by atoms with Gasteiger partial charge in [-0.25, -0.2) is 0 Å². The van der Waals surface area contributed by atoms with Gasteiger partial charge in [-0.3, -0.25) is 0 Å². The Morgan fingerprint density at radius 1 is 1.33 bits per heavy atom. The largest absolute Gasteiger partial charge is 0.378 e. The summed E-state index contributed by atoms with van der Waals surface area (Å²) in [5.74, 6) is 0.630. The first-order valence-electron chi connectivity index (χ1n) is 6.30. The molecule has 0 aromatic carbocycles. The van der Waals surface area contributed by atoms with E-state index in [1.807, 2.05) is 7.05 Å². The number of ether oxygens (including phenoxy) is 1. The Kier molecular flexibility index (Phi) is 5.07. The Labute approximate surface area is 94.8 Å². The summed E-state index contributed by atoms with van der Waals surface area (Å²) in [5.41, 5.74) is 0.552. The summed E-state index contributed by atoms with van der Waals surface area (Å²) in [5, 5.41) is 3.19. The van der Waals surface area contributed by atoms with E-state index in [9.17, 15) is 0 Å². The van der Waals surface area contributed by atoms with Crippen LogP contribution in [-0.2, 0) is 4.74 Å². The van der Waals surface area contributed by atoms with E-state index >= 15 is 0 Å². The SMILES string of the molecule is CNCC(C)COC1CCC(C)(C)CC1. The Morgan fingerprint density at radius 3 is 2.47 bits per heavy atom. The molecule has 1 aliphatic rings. The highest BCUT2D eigenvalue weighted by molar-refractivity contribution is 4.78. The number of hydrogen-bond donors (Lipinski definition) is 1. The first-order valence-corrected chi connectivity index (χ1v) is 6.30. The summed E-state index contributed by atoms with van der Waals surface area (Å²) in [7, 11) is 2.00. The summed E-state index contributed by atoms with van der Waals surface area (Å²) in [6.07, 6.45) is 5.66. The van der Waals surface area contributed by atoms with E-state index in [-0.39, 0.29) is 0 Å². The number of rotatable bonds is 5. The zero-order valence-corrected chi connectivity index (χ0v) is 10.8. The Morgan fingerprint density at radius 2 is 1.93 bits per heavy atom. The van der Waals surface area contributed by atoms with Crippen LogP contribution in [0.25, 0.3) is 0 Å². The van der Waals surface area contributed by atoms with Crippen molar-refractivity contribution < 1.29 is 4.74 Å². The van der Waals surface area contributed by atoms with Gasteiger partial charge in [-0.05, 0) is 50.6 Å². The molecule has 2 heteroatoms. The molecule has 1 N–H and O–H groups in total. The molecule has 90 valence electrons. The lowest BCUT2D eigenvalue weighted by atomic mass is 9.76. The molecule has 0 aliphatic heterocycles. The minimum absolute atomic E-state index is 0.525. The fraction of sp³-hybridized carbons (Fsp3) is 1.00. The number of nitrogens with one attached hydrogen (secondary N) is 1. The van der Waals surface area contributed by atoms with Gasteiger partial charge in [0.25, 0.3) is 0 Å². The van der Waals surface area contributed by atoms with Crippen molar-refractivity contribution >= 4 is 0 Å². The van der Waals surface area contributed by atoms with Crippen molar-refractivity contribution in [1.82, 2.24) is 5.32 Å². The zero-order chi connectivity index (χ0) is 11.3. The second-order valence-electron chi connectivity index (χ2n) is 5.86. The highest BCUT2D eigenvalue weighted by atomic mass is 16.5. The normalized spacial score (nSPS) is 24.0. The predicted octanol–water partition coefficient (Wildman–Crippen LogP) is 2.83. The molecule has 0 aromatic rings. The Bertz CT molecular complexity index is 169. The molecule has 0 spiro atoms. The highest BCUT2D eigenvalue weighted by Crippen LogP contribution is 2.36. The van der Waals surface area contributed by atoms with Crippen LogP contribution in [0.5, 0.6) is 0 Å². The van der Waals surface area contributed by atoms with Crippen molar-refractivity contribution in [2.45, 2.75) is 52.6 Å². The minimum atomic E-state index is 0.525. The van der Waals surface area contributed by atoms with E-state index in [0.717, 1.165) is 13.2 Å². The second kappa shape index (κ2) is 5.86. The van der Waals surface area contributed by atoms with Crippen molar-refractivity contribution in [3.8, 4) is 0 Å². The van der Waals surface area contributed by atoms with E-state index < -0.39 is 0 Å². The van der Waals surface area contributed by atoms with Crippen LogP contribution in [-0.4, -0.2) is 26.3 Å². The molecule has 0 amide bonds. The van der Waals surface area contributed by atoms with Gasteiger partial charge in [-0.15, -0.1) is 0 Å². The molecule has 1 atom stereocenters. The van der Waals surface area contributed by atoms with Crippen LogP contribution in [0, 0.1) is 11.3 Å². The van der Waals surface area contributed by atoms with Crippen LogP contribution in [0.2, 0.25) is 0 Å². The monoisotopic (exact) mass is 213 g/mol. The lowest BCUT2D eigenvalue weighted by molar-refractivity contribution is -0.00938. The summed E-state index contributed by atoms with van der Waals surface area (Å²) >= 11 is 0. The molecule has 1 unspecified atom stereocenters. The maximum Gasteiger partial charge on any atom is 0.0575 e. The lowest BCUT2D eigenvalue weighted by Gasteiger charge is -2.34. The topological polar surface area (TPSA) is 21.3 Å². The molecule has 2 nitrogen and oxygen atoms in total. The molecular formula is C13H27NO. The van der Waals surface area contributed by atoms with E-state index in [2.05, 4.69) is 26.1 Å². The van der Waals surface area contributed by atoms with Gasteiger partial charge in [0.1, 0.15) is 0 Å². The van der Waals surface area contributed by atoms with Crippen molar-refractivity contribution in [3.63, 3.8) is 0 Å². The summed E-state index contributed by atoms with van der Waals surface area (Å²) in [6, 6.07) is 0. The van der Waals surface area contributed by atoms with Gasteiger partial charge in [0.15, 0.2) is 0 Å². The van der Waals surface area contributed by atoms with E-state index in [0.29, 0.717) is 17.4 Å². The molecular weight excluding hydrogens is 186 g/mol. The smallest absolute Gasteiger partial charge is 0.0575 e. The maximum atomic E-state index is 5.95. The Hall–Kier alpha value is -0.0800. The van der Waals surface area contributed by atoms with Crippen LogP contribution in [0.3, 0.4) is 0 Å². The number of hydrogen-bond acceptors (Lipinski definition) is 2. The van der Waals surface area contributed by atoms with Crippen molar-refractivity contribution in [3.05, 3.63) is 0 Å². The molecule has 0 aromatic heterocycles. The van der Waals surface area contributed by atoms with Crippen LogP contribution in [0.1, 0.15) is 46.5 Å². The van der Waals surface area contributed by atoms with Crippen molar-refractivity contribution in [2.75, 3.05) is 20.2 Å². The summed E-state index contributed by atoms with van der Waals surface area (Å²) < 4.78 is 5.95. The molecule has 1 rings (SSSR count). The quantitative estimate of drug-likeness (QED) is 0.758. The van der Waals surface area contributed by atoms with E-state index in [1.54, 1.807) is 0 Å². The standard InChI is InChI=1S/C13H27NO/c1-11(9-14-4)10-15-12-5-7-13(2,3)8-6-12/h11-12,14H,5-10H2,1-4H3. The third-order valence-corrected chi connectivity index (χ3v) is 3.46. The molecule has 15 heavy (non-hydrogen) atoms. The van der Waals surface area contributed by atoms with E-state index in [1.165, 1.54) is 25.7 Å². The summed E-state index contributed by atoms with van der Waals surface area (Å²) in [6.45, 7) is 8.94. The van der Waals surface area contributed by atoms with Gasteiger partial charge < -0.3 is 10.1 Å². The van der Waals surface area contributed by atoms with Crippen molar-refractivity contribution in [1.29, 1.82) is 0 Å². The minimum Gasteiger partial charge on any atom is -0.378 e.